The first-order chi connectivity index (χ1) is 5.65. The molecule has 1 aromatic rings. The summed E-state index contributed by atoms with van der Waals surface area (Å²) in [7, 11) is 1.83. The summed E-state index contributed by atoms with van der Waals surface area (Å²) in [6, 6.07) is 5.44. The number of amides is 1. The van der Waals surface area contributed by atoms with Crippen molar-refractivity contribution in [3.8, 4) is 0 Å². The fraction of sp³-hybridized carbons (Fsp3) is 0.222. The maximum Gasteiger partial charge on any atom is 0.248 e. The van der Waals surface area contributed by atoms with E-state index in [0.29, 0.717) is 5.56 Å². The molecule has 0 aliphatic carbocycles. The van der Waals surface area contributed by atoms with Crippen molar-refractivity contribution in [2.24, 2.45) is 5.73 Å². The van der Waals surface area contributed by atoms with Crippen LogP contribution in [0.25, 0.3) is 0 Å². The summed E-state index contributed by atoms with van der Waals surface area (Å²) in [5, 5.41) is 2.98. The molecule has 12 heavy (non-hydrogen) atoms. The highest BCUT2D eigenvalue weighted by Gasteiger charge is 2.03. The van der Waals surface area contributed by atoms with Crippen molar-refractivity contribution in [2.75, 3.05) is 12.4 Å². The van der Waals surface area contributed by atoms with Crippen LogP contribution in [-0.4, -0.2) is 13.0 Å². The van der Waals surface area contributed by atoms with Crippen LogP contribution in [0.4, 0.5) is 5.69 Å². The van der Waals surface area contributed by atoms with E-state index < -0.39 is 0 Å². The van der Waals surface area contributed by atoms with Crippen LogP contribution in [0.2, 0.25) is 0 Å². The lowest BCUT2D eigenvalue weighted by Crippen LogP contribution is -2.12. The highest BCUT2D eigenvalue weighted by Crippen LogP contribution is 2.13. The number of carbonyl (C=O) groups is 1. The van der Waals surface area contributed by atoms with Crippen LogP contribution in [0.15, 0.2) is 18.2 Å². The van der Waals surface area contributed by atoms with Crippen LogP contribution in [-0.2, 0) is 0 Å². The van der Waals surface area contributed by atoms with Gasteiger partial charge < -0.3 is 11.1 Å². The first-order valence-electron chi connectivity index (χ1n) is 3.73. The van der Waals surface area contributed by atoms with Crippen molar-refractivity contribution in [1.82, 2.24) is 0 Å². The lowest BCUT2D eigenvalue weighted by atomic mass is 10.1. The molecule has 0 bridgehead atoms. The van der Waals surface area contributed by atoms with Crippen LogP contribution in [0.1, 0.15) is 15.9 Å². The quantitative estimate of drug-likeness (QED) is 0.688. The Balaban J connectivity index is 3.12. The number of hydrogen-bond donors (Lipinski definition) is 2. The minimum absolute atomic E-state index is 0.379. The van der Waals surface area contributed by atoms with E-state index in [0.717, 1.165) is 11.3 Å². The second-order valence-electron chi connectivity index (χ2n) is 2.64. The van der Waals surface area contributed by atoms with E-state index >= 15 is 0 Å². The van der Waals surface area contributed by atoms with Gasteiger partial charge in [-0.1, -0.05) is 0 Å². The number of carbonyl (C=O) groups excluding carboxylic acids is 1. The van der Waals surface area contributed by atoms with Crippen molar-refractivity contribution >= 4 is 11.6 Å². The minimum Gasteiger partial charge on any atom is -0.388 e. The van der Waals surface area contributed by atoms with Crippen LogP contribution >= 0.6 is 0 Å². The number of aryl methyl sites for hydroxylation is 1. The molecule has 0 spiro atoms. The molecule has 3 nitrogen and oxygen atoms in total. The van der Waals surface area contributed by atoms with E-state index in [2.05, 4.69) is 5.32 Å². The Kier molecular flexibility index (Phi) is 2.33. The van der Waals surface area contributed by atoms with Gasteiger partial charge in [-0.05, 0) is 30.7 Å². The van der Waals surface area contributed by atoms with Gasteiger partial charge in [0, 0.05) is 18.3 Å². The second-order valence-corrected chi connectivity index (χ2v) is 2.64. The monoisotopic (exact) mass is 164 g/mol. The second kappa shape index (κ2) is 3.26. The molecule has 0 unspecified atom stereocenters. The topological polar surface area (TPSA) is 55.1 Å². The number of benzene rings is 1. The maximum absolute atomic E-state index is 10.8. The number of primary amides is 1. The van der Waals surface area contributed by atoms with Gasteiger partial charge in [-0.2, -0.15) is 0 Å². The maximum atomic E-state index is 10.8. The van der Waals surface area contributed by atoms with Gasteiger partial charge >= 0.3 is 0 Å². The third-order valence-corrected chi connectivity index (χ3v) is 1.78. The Bertz CT molecular complexity index is 307. The zero-order valence-electron chi connectivity index (χ0n) is 7.22. The van der Waals surface area contributed by atoms with Crippen LogP contribution in [0, 0.1) is 6.92 Å². The summed E-state index contributed by atoms with van der Waals surface area (Å²) in [6.45, 7) is 1.86. The van der Waals surface area contributed by atoms with Gasteiger partial charge in [0.1, 0.15) is 0 Å². The summed E-state index contributed by atoms with van der Waals surface area (Å²) < 4.78 is 0. The number of nitrogens with one attached hydrogen (secondary N) is 1. The third-order valence-electron chi connectivity index (χ3n) is 1.78. The van der Waals surface area contributed by atoms with E-state index in [1.807, 2.05) is 26.1 Å². The Morgan fingerprint density at radius 1 is 1.50 bits per heavy atom. The van der Waals surface area contributed by atoms with Gasteiger partial charge in [0.2, 0.25) is 5.91 Å². The Morgan fingerprint density at radius 2 is 2.17 bits per heavy atom. The number of hydrogen-bond acceptors (Lipinski definition) is 2. The highest BCUT2D eigenvalue weighted by atomic mass is 16.1. The molecule has 0 saturated heterocycles. The fourth-order valence-corrected chi connectivity index (χ4v) is 1.10. The summed E-state index contributed by atoms with van der Waals surface area (Å²) >= 11 is 0. The van der Waals surface area contributed by atoms with Crippen molar-refractivity contribution in [3.05, 3.63) is 29.3 Å². The predicted molar refractivity (Wildman–Crippen MR) is 49.2 cm³/mol. The highest BCUT2D eigenvalue weighted by molar-refractivity contribution is 5.94. The van der Waals surface area contributed by atoms with Crippen LogP contribution < -0.4 is 11.1 Å². The van der Waals surface area contributed by atoms with Gasteiger partial charge in [-0.3, -0.25) is 4.79 Å². The SMILES string of the molecule is CNc1ccc(C(N)=O)c(C)c1. The largest absolute Gasteiger partial charge is 0.388 e. The van der Waals surface area contributed by atoms with E-state index in [1.165, 1.54) is 0 Å². The van der Waals surface area contributed by atoms with Crippen LogP contribution in [0.5, 0.6) is 0 Å². The molecule has 0 aliphatic rings. The third kappa shape index (κ3) is 1.56. The molecule has 0 radical (unpaired) electrons. The Hall–Kier alpha value is -1.51. The average Bonchev–Trinajstić information content (AvgIpc) is 2.03. The predicted octanol–water partition coefficient (Wildman–Crippen LogP) is 1.14. The molecule has 0 aromatic heterocycles. The molecule has 0 atom stereocenters. The molecular formula is C9H12N2O. The minimum atomic E-state index is -0.379. The summed E-state index contributed by atoms with van der Waals surface area (Å²) in [6.07, 6.45) is 0. The molecule has 64 valence electrons. The lowest BCUT2D eigenvalue weighted by molar-refractivity contribution is 0.1000. The molecule has 1 amide bonds. The molecule has 3 N–H and O–H groups in total. The van der Waals surface area contributed by atoms with Crippen molar-refractivity contribution in [3.63, 3.8) is 0 Å². The van der Waals surface area contributed by atoms with E-state index in [-0.39, 0.29) is 5.91 Å². The molecule has 0 aliphatic heterocycles. The van der Waals surface area contributed by atoms with Gasteiger partial charge in [0.15, 0.2) is 0 Å². The molecular weight excluding hydrogens is 152 g/mol. The Labute approximate surface area is 71.6 Å². The molecule has 1 aromatic carbocycles. The lowest BCUT2D eigenvalue weighted by Gasteiger charge is -2.04. The first-order valence-corrected chi connectivity index (χ1v) is 3.73. The van der Waals surface area contributed by atoms with E-state index in [4.69, 9.17) is 5.73 Å². The zero-order chi connectivity index (χ0) is 9.14. The number of anilines is 1. The number of rotatable bonds is 2. The standard InChI is InChI=1S/C9H12N2O/c1-6-5-7(11-2)3-4-8(6)9(10)12/h3-5,11H,1-2H3,(H2,10,12). The summed E-state index contributed by atoms with van der Waals surface area (Å²) in [5.41, 5.74) is 7.61. The van der Waals surface area contributed by atoms with Gasteiger partial charge in [0.25, 0.3) is 0 Å². The molecule has 1 rings (SSSR count). The van der Waals surface area contributed by atoms with Gasteiger partial charge in [-0.15, -0.1) is 0 Å². The molecule has 0 fully saturated rings. The normalized spacial score (nSPS) is 9.50. The molecule has 0 saturated carbocycles. The summed E-state index contributed by atoms with van der Waals surface area (Å²) in [5.74, 6) is -0.379. The van der Waals surface area contributed by atoms with E-state index in [9.17, 15) is 4.79 Å². The van der Waals surface area contributed by atoms with Crippen LogP contribution in [0.3, 0.4) is 0 Å². The van der Waals surface area contributed by atoms with Crippen molar-refractivity contribution < 1.29 is 4.79 Å². The summed E-state index contributed by atoms with van der Waals surface area (Å²) in [4.78, 5) is 10.8. The average molecular weight is 164 g/mol. The number of nitrogens with two attached hydrogens (primary N) is 1. The van der Waals surface area contributed by atoms with Crippen molar-refractivity contribution in [1.29, 1.82) is 0 Å². The van der Waals surface area contributed by atoms with Gasteiger partial charge in [0.05, 0.1) is 0 Å². The smallest absolute Gasteiger partial charge is 0.248 e. The Morgan fingerprint density at radius 3 is 2.58 bits per heavy atom. The molecule has 0 heterocycles. The molecule has 3 heteroatoms. The van der Waals surface area contributed by atoms with Crippen molar-refractivity contribution in [2.45, 2.75) is 6.92 Å². The van der Waals surface area contributed by atoms with Gasteiger partial charge in [-0.25, -0.2) is 0 Å². The fourth-order valence-electron chi connectivity index (χ4n) is 1.10. The zero-order valence-corrected chi connectivity index (χ0v) is 7.22. The van der Waals surface area contributed by atoms with E-state index in [1.54, 1.807) is 6.07 Å². The first kappa shape index (κ1) is 8.59.